The minimum absolute atomic E-state index is 0.0113. The first kappa shape index (κ1) is 52.6. The third-order valence-electron chi connectivity index (χ3n) is 10.9. The SMILES string of the molecule is C=C(/C=C/C=C/C=C1/N(CCCCCC(=O)O)c2ccc(S(=O)(=O)O)cc2C1(C)CCS(=O)(=O)NCCOC)C(C)(CCS(=O)(=O)NCCOC)c1cc(S(=O)(=O)O)ccc1C. The molecule has 2 unspecified atom stereocenters. The first-order valence-corrected chi connectivity index (χ1v) is 25.9. The van der Waals surface area contributed by atoms with Gasteiger partial charge in [-0.05, 0) is 98.2 Å². The number of allylic oxidation sites excluding steroid dienone is 7. The summed E-state index contributed by atoms with van der Waals surface area (Å²) in [6, 6.07) is 8.19. The third-order valence-corrected chi connectivity index (χ3v) is 15.3. The number of aliphatic carboxylic acids is 1. The van der Waals surface area contributed by atoms with Gasteiger partial charge in [0, 0.05) is 62.5 Å². The van der Waals surface area contributed by atoms with Crippen molar-refractivity contribution in [3.8, 4) is 0 Å². The number of carbonyl (C=O) groups is 1. The van der Waals surface area contributed by atoms with Crippen molar-refractivity contribution in [2.24, 2.45) is 0 Å². The van der Waals surface area contributed by atoms with Gasteiger partial charge >= 0.3 is 5.97 Å². The second-order valence-corrected chi connectivity index (χ2v) is 22.1. The largest absolute Gasteiger partial charge is 0.481 e. The van der Waals surface area contributed by atoms with Crippen LogP contribution in [-0.2, 0) is 65.4 Å². The molecule has 0 aliphatic carbocycles. The summed E-state index contributed by atoms with van der Waals surface area (Å²) >= 11 is 0. The topological polar surface area (TPSA) is 260 Å². The van der Waals surface area contributed by atoms with Crippen molar-refractivity contribution in [2.45, 2.75) is 79.9 Å². The zero-order chi connectivity index (χ0) is 46.6. The van der Waals surface area contributed by atoms with E-state index in [0.717, 1.165) is 0 Å². The van der Waals surface area contributed by atoms with E-state index in [0.29, 0.717) is 59.5 Å². The van der Waals surface area contributed by atoms with E-state index < -0.39 is 57.1 Å². The van der Waals surface area contributed by atoms with E-state index in [9.17, 15) is 47.6 Å². The number of fused-ring (bicyclic) bond motifs is 1. The van der Waals surface area contributed by atoms with Crippen molar-refractivity contribution in [1.82, 2.24) is 9.44 Å². The molecule has 1 aliphatic heterocycles. The summed E-state index contributed by atoms with van der Waals surface area (Å²) < 4.78 is 136. The molecule has 5 N–H and O–H groups in total. The standard InChI is InChI=1S/C41H59N3O14S4/c1-31-16-17-33(61(51,52)53)29-35(31)40(3,20-27-59(47,48)42-22-25-57-5)32(2)13-9-7-10-14-38-41(4,21-28-60(49,50)43-23-26-58-6)36-30-34(62(54,55)56)18-19-37(36)44(38)24-12-8-11-15-39(45)46/h7,9-10,13-14,16-19,29-30,42-43H,2,8,11-12,15,20-28H2,1,3-6H3,(H,45,46)(H,51,52,53)(H,54,55,56)/b10-7+,13-9+,38-14+. The Morgan fingerprint density at radius 3 is 2.00 bits per heavy atom. The summed E-state index contributed by atoms with van der Waals surface area (Å²) in [4.78, 5) is 12.3. The zero-order valence-corrected chi connectivity index (χ0v) is 38.9. The van der Waals surface area contributed by atoms with Crippen LogP contribution in [0, 0.1) is 6.92 Å². The molecule has 0 saturated heterocycles. The van der Waals surface area contributed by atoms with Gasteiger partial charge in [0.2, 0.25) is 20.0 Å². The number of benzene rings is 2. The summed E-state index contributed by atoms with van der Waals surface area (Å²) in [6.07, 6.45) is 9.81. The number of carboxylic acid groups (broad SMARTS) is 1. The van der Waals surface area contributed by atoms with Crippen LogP contribution in [0.2, 0.25) is 0 Å². The maximum atomic E-state index is 13.1. The molecular weight excluding hydrogens is 887 g/mol. The van der Waals surface area contributed by atoms with Gasteiger partial charge in [0.25, 0.3) is 20.2 Å². The Balaban J connectivity index is 2.11. The Hall–Kier alpha value is -3.77. The Kier molecular flexibility index (Phi) is 18.8. The Morgan fingerprint density at radius 1 is 0.839 bits per heavy atom. The highest BCUT2D eigenvalue weighted by molar-refractivity contribution is 7.89. The molecule has 62 heavy (non-hydrogen) atoms. The number of ether oxygens (including phenoxy) is 2. The van der Waals surface area contributed by atoms with E-state index >= 15 is 0 Å². The van der Waals surface area contributed by atoms with Crippen molar-refractivity contribution >= 4 is 51.9 Å². The fourth-order valence-electron chi connectivity index (χ4n) is 7.23. The second kappa shape index (κ2) is 22.2. The predicted molar refractivity (Wildman–Crippen MR) is 237 cm³/mol. The number of aryl methyl sites for hydroxylation is 1. The van der Waals surface area contributed by atoms with Gasteiger partial charge in [-0.15, -0.1) is 0 Å². The van der Waals surface area contributed by atoms with E-state index in [1.165, 1.54) is 44.6 Å². The van der Waals surface area contributed by atoms with E-state index in [4.69, 9.17) is 14.6 Å². The van der Waals surface area contributed by atoms with Crippen LogP contribution in [0.15, 0.2) is 94.4 Å². The lowest BCUT2D eigenvalue weighted by Crippen LogP contribution is -2.35. The monoisotopic (exact) mass is 945 g/mol. The molecule has 0 saturated carbocycles. The maximum absolute atomic E-state index is 13.1. The van der Waals surface area contributed by atoms with Crippen molar-refractivity contribution in [2.75, 3.05) is 63.5 Å². The van der Waals surface area contributed by atoms with Gasteiger partial charge in [-0.25, -0.2) is 26.3 Å². The lowest BCUT2D eigenvalue weighted by molar-refractivity contribution is -0.137. The van der Waals surface area contributed by atoms with Crippen LogP contribution in [0.5, 0.6) is 0 Å². The molecule has 17 nitrogen and oxygen atoms in total. The molecule has 21 heteroatoms. The summed E-state index contributed by atoms with van der Waals surface area (Å²) in [7, 11) is -14.0. The Labute approximate surface area is 366 Å². The zero-order valence-electron chi connectivity index (χ0n) is 35.7. The van der Waals surface area contributed by atoms with E-state index in [1.54, 1.807) is 57.2 Å². The smallest absolute Gasteiger partial charge is 0.303 e. The van der Waals surface area contributed by atoms with Crippen molar-refractivity contribution < 1.29 is 62.2 Å². The highest BCUT2D eigenvalue weighted by Gasteiger charge is 2.44. The van der Waals surface area contributed by atoms with Gasteiger partial charge in [-0.1, -0.05) is 50.3 Å². The first-order chi connectivity index (χ1) is 28.8. The van der Waals surface area contributed by atoms with Gasteiger partial charge in [-0.3, -0.25) is 13.9 Å². The number of nitrogens with one attached hydrogen (secondary N) is 2. The van der Waals surface area contributed by atoms with Crippen LogP contribution in [0.4, 0.5) is 5.69 Å². The molecule has 2 aromatic carbocycles. The Morgan fingerprint density at radius 2 is 1.42 bits per heavy atom. The molecule has 0 amide bonds. The highest BCUT2D eigenvalue weighted by Crippen LogP contribution is 2.51. The average Bonchev–Trinajstić information content (AvgIpc) is 3.41. The number of rotatable bonds is 27. The van der Waals surface area contributed by atoms with Gasteiger partial charge in [0.15, 0.2) is 0 Å². The molecular formula is C41H59N3O14S4. The van der Waals surface area contributed by atoms with E-state index in [1.807, 2.05) is 4.90 Å². The fourth-order valence-corrected chi connectivity index (χ4v) is 10.7. The first-order valence-electron chi connectivity index (χ1n) is 19.7. The van der Waals surface area contributed by atoms with Crippen molar-refractivity contribution in [3.63, 3.8) is 0 Å². The van der Waals surface area contributed by atoms with Gasteiger partial charge in [-0.2, -0.15) is 16.8 Å². The molecule has 1 aliphatic rings. The molecule has 0 aromatic heterocycles. The second-order valence-electron chi connectivity index (χ2n) is 15.4. The molecule has 0 radical (unpaired) electrons. The fraction of sp³-hybridized carbons (Fsp3) is 0.488. The number of methoxy groups -OCH3 is 2. The summed E-state index contributed by atoms with van der Waals surface area (Å²) in [5.74, 6) is -1.64. The van der Waals surface area contributed by atoms with Gasteiger partial charge in [0.1, 0.15) is 0 Å². The summed E-state index contributed by atoms with van der Waals surface area (Å²) in [5.41, 5.74) is 0.799. The van der Waals surface area contributed by atoms with Crippen LogP contribution >= 0.6 is 0 Å². The number of anilines is 1. The number of hydrogen-bond donors (Lipinski definition) is 5. The number of carboxylic acids is 1. The number of sulfonamides is 2. The summed E-state index contributed by atoms with van der Waals surface area (Å²) in [5, 5.41) is 9.14. The minimum atomic E-state index is -4.65. The number of unbranched alkanes of at least 4 members (excludes halogenated alkanes) is 2. The lowest BCUT2D eigenvalue weighted by atomic mass is 9.72. The molecule has 0 spiro atoms. The minimum Gasteiger partial charge on any atom is -0.481 e. The lowest BCUT2D eigenvalue weighted by Gasteiger charge is -2.33. The maximum Gasteiger partial charge on any atom is 0.303 e. The van der Waals surface area contributed by atoms with Crippen LogP contribution in [0.1, 0.15) is 69.1 Å². The number of nitrogens with zero attached hydrogens (tertiary/aromatic N) is 1. The average molecular weight is 946 g/mol. The van der Waals surface area contributed by atoms with Crippen LogP contribution in [0.3, 0.4) is 0 Å². The normalized spacial score (nSPS) is 17.9. The molecule has 0 fully saturated rings. The predicted octanol–water partition coefficient (Wildman–Crippen LogP) is 4.63. The quantitative estimate of drug-likeness (QED) is 0.0465. The van der Waals surface area contributed by atoms with Crippen LogP contribution in [0.25, 0.3) is 0 Å². The van der Waals surface area contributed by atoms with E-state index in [-0.39, 0.29) is 66.9 Å². The molecule has 1 heterocycles. The molecule has 346 valence electrons. The molecule has 3 rings (SSSR count). The van der Waals surface area contributed by atoms with Crippen molar-refractivity contribution in [1.29, 1.82) is 0 Å². The molecule has 0 bridgehead atoms. The van der Waals surface area contributed by atoms with Gasteiger partial charge < -0.3 is 19.5 Å². The van der Waals surface area contributed by atoms with Gasteiger partial charge in [0.05, 0.1) is 34.5 Å². The highest BCUT2D eigenvalue weighted by atomic mass is 32.2. The Bertz CT molecular complexity index is 2470. The van der Waals surface area contributed by atoms with Crippen LogP contribution < -0.4 is 14.3 Å². The van der Waals surface area contributed by atoms with Crippen LogP contribution in [-0.4, -0.2) is 112 Å². The third kappa shape index (κ3) is 14.6. The number of hydrogen-bond acceptors (Lipinski definition) is 12. The summed E-state index contributed by atoms with van der Waals surface area (Å²) in [6.45, 7) is 10.2. The molecule has 2 atom stereocenters. The van der Waals surface area contributed by atoms with E-state index in [2.05, 4.69) is 16.0 Å². The van der Waals surface area contributed by atoms with Crippen molar-refractivity contribution in [3.05, 3.63) is 101 Å². The molecule has 2 aromatic rings.